The number of hydrogen-bond acceptors (Lipinski definition) is 3. The van der Waals surface area contributed by atoms with Crippen LogP contribution < -0.4 is 0 Å². The Morgan fingerprint density at radius 3 is 2.38 bits per heavy atom. The molecule has 0 heterocycles. The first-order valence-corrected chi connectivity index (χ1v) is 5.98. The highest BCUT2D eigenvalue weighted by Gasteiger charge is 2.19. The molecule has 0 spiro atoms. The molecular weight excluding hydrogens is 230 g/mol. The fourth-order valence-corrected chi connectivity index (χ4v) is 1.47. The van der Waals surface area contributed by atoms with Gasteiger partial charge < -0.3 is 9.64 Å². The van der Waals surface area contributed by atoms with Crippen molar-refractivity contribution in [3.63, 3.8) is 0 Å². The Morgan fingerprint density at radius 2 is 1.94 bits per heavy atom. The van der Waals surface area contributed by atoms with E-state index in [0.29, 0.717) is 12.3 Å². The van der Waals surface area contributed by atoms with Crippen molar-refractivity contribution in [1.82, 2.24) is 4.90 Å². The minimum absolute atomic E-state index is 0.00241. The van der Waals surface area contributed by atoms with Gasteiger partial charge in [-0.15, -0.1) is 11.6 Å². The zero-order chi connectivity index (χ0) is 12.6. The Morgan fingerprint density at radius 1 is 1.31 bits per heavy atom. The highest BCUT2D eigenvalue weighted by molar-refractivity contribution is 6.17. The average molecular weight is 250 g/mol. The third kappa shape index (κ3) is 5.95. The van der Waals surface area contributed by atoms with Gasteiger partial charge in [0.25, 0.3) is 0 Å². The first-order valence-electron chi connectivity index (χ1n) is 5.45. The summed E-state index contributed by atoms with van der Waals surface area (Å²) in [5.41, 5.74) is 0. The maximum atomic E-state index is 11.8. The van der Waals surface area contributed by atoms with Crippen LogP contribution in [0.15, 0.2) is 0 Å². The van der Waals surface area contributed by atoms with Crippen LogP contribution in [-0.2, 0) is 14.3 Å². The first kappa shape index (κ1) is 15.2. The lowest BCUT2D eigenvalue weighted by molar-refractivity contribution is -0.148. The van der Waals surface area contributed by atoms with Crippen molar-refractivity contribution in [2.45, 2.75) is 39.2 Å². The molecule has 0 aliphatic carbocycles. The summed E-state index contributed by atoms with van der Waals surface area (Å²) in [7, 11) is 1.32. The number of hydrogen-bond donors (Lipinski definition) is 0. The van der Waals surface area contributed by atoms with Crippen LogP contribution in [0, 0.1) is 0 Å². The van der Waals surface area contributed by atoms with E-state index in [4.69, 9.17) is 11.6 Å². The van der Waals surface area contributed by atoms with Crippen LogP contribution in [0.4, 0.5) is 0 Å². The Kier molecular flexibility index (Phi) is 7.99. The molecule has 0 unspecified atom stereocenters. The van der Waals surface area contributed by atoms with Gasteiger partial charge in [-0.25, -0.2) is 0 Å². The summed E-state index contributed by atoms with van der Waals surface area (Å²) in [5.74, 6) is 0.149. The molecule has 0 fully saturated rings. The van der Waals surface area contributed by atoms with E-state index >= 15 is 0 Å². The fraction of sp³-hybridized carbons (Fsp3) is 0.818. The lowest BCUT2D eigenvalue weighted by Crippen LogP contribution is -2.40. The molecule has 16 heavy (non-hydrogen) atoms. The smallest absolute Gasteiger partial charge is 0.325 e. The lowest BCUT2D eigenvalue weighted by Gasteiger charge is -2.25. The standard InChI is InChI=1S/C11H20ClNO3/c1-9(2)13(8-11(15)16-3)10(14)6-4-5-7-12/h9H,4-8H2,1-3H3. The number of esters is 1. The molecule has 4 nitrogen and oxygen atoms in total. The number of ether oxygens (including phenoxy) is 1. The maximum absolute atomic E-state index is 11.8. The predicted molar refractivity (Wildman–Crippen MR) is 63.4 cm³/mol. The molecule has 0 rings (SSSR count). The molecule has 94 valence electrons. The number of unbranched alkanes of at least 4 members (excludes halogenated alkanes) is 1. The number of amides is 1. The number of carbonyl (C=O) groups excluding carboxylic acids is 2. The SMILES string of the molecule is COC(=O)CN(C(=O)CCCCCl)C(C)C. The molecule has 5 heteroatoms. The Balaban J connectivity index is 4.19. The zero-order valence-electron chi connectivity index (χ0n) is 10.2. The molecular formula is C11H20ClNO3. The van der Waals surface area contributed by atoms with Crippen LogP contribution in [0.1, 0.15) is 33.1 Å². The molecule has 0 aromatic carbocycles. The number of rotatable bonds is 7. The van der Waals surface area contributed by atoms with Gasteiger partial charge in [0.15, 0.2) is 0 Å². The van der Waals surface area contributed by atoms with E-state index in [1.807, 2.05) is 13.8 Å². The van der Waals surface area contributed by atoms with Crippen molar-refractivity contribution in [3.8, 4) is 0 Å². The van der Waals surface area contributed by atoms with Crippen molar-refractivity contribution >= 4 is 23.5 Å². The van der Waals surface area contributed by atoms with Crippen LogP contribution in [0.3, 0.4) is 0 Å². The Labute approximate surface area is 102 Å². The quantitative estimate of drug-likeness (QED) is 0.393. The van der Waals surface area contributed by atoms with Gasteiger partial charge in [-0.2, -0.15) is 0 Å². The van der Waals surface area contributed by atoms with E-state index in [-0.39, 0.29) is 24.5 Å². The van der Waals surface area contributed by atoms with Crippen molar-refractivity contribution in [3.05, 3.63) is 0 Å². The summed E-state index contributed by atoms with van der Waals surface area (Å²) >= 11 is 5.53. The predicted octanol–water partition coefficient (Wildman–Crippen LogP) is 1.81. The molecule has 0 bridgehead atoms. The average Bonchev–Trinajstić information content (AvgIpc) is 2.25. The van der Waals surface area contributed by atoms with Crippen molar-refractivity contribution in [2.75, 3.05) is 19.5 Å². The first-order chi connectivity index (χ1) is 7.52. The molecule has 0 N–H and O–H groups in total. The summed E-state index contributed by atoms with van der Waals surface area (Å²) in [6, 6.07) is 0.00241. The highest BCUT2D eigenvalue weighted by Crippen LogP contribution is 2.06. The third-order valence-corrected chi connectivity index (χ3v) is 2.51. The highest BCUT2D eigenvalue weighted by atomic mass is 35.5. The van der Waals surface area contributed by atoms with Gasteiger partial charge in [0.1, 0.15) is 6.54 Å². The molecule has 0 atom stereocenters. The molecule has 1 amide bonds. The van der Waals surface area contributed by atoms with Gasteiger partial charge in [0, 0.05) is 18.3 Å². The van der Waals surface area contributed by atoms with E-state index < -0.39 is 0 Å². The van der Waals surface area contributed by atoms with Gasteiger partial charge in [-0.05, 0) is 26.7 Å². The second-order valence-electron chi connectivity index (χ2n) is 3.84. The molecule has 0 saturated carbocycles. The molecule has 0 aliphatic heterocycles. The lowest BCUT2D eigenvalue weighted by atomic mass is 10.2. The van der Waals surface area contributed by atoms with Crippen molar-refractivity contribution in [1.29, 1.82) is 0 Å². The normalized spacial score (nSPS) is 10.3. The summed E-state index contributed by atoms with van der Waals surface area (Å²) in [4.78, 5) is 24.4. The Bertz CT molecular complexity index is 231. The Hall–Kier alpha value is -0.770. The molecule has 0 aliphatic rings. The van der Waals surface area contributed by atoms with Crippen LogP contribution in [0.25, 0.3) is 0 Å². The topological polar surface area (TPSA) is 46.6 Å². The molecule has 0 saturated heterocycles. The summed E-state index contributed by atoms with van der Waals surface area (Å²) in [6.45, 7) is 3.78. The summed E-state index contributed by atoms with van der Waals surface area (Å²) in [5, 5.41) is 0. The molecule has 0 aromatic rings. The largest absolute Gasteiger partial charge is 0.468 e. The van der Waals surface area contributed by atoms with Gasteiger partial charge in [-0.1, -0.05) is 0 Å². The zero-order valence-corrected chi connectivity index (χ0v) is 10.9. The molecule has 0 radical (unpaired) electrons. The maximum Gasteiger partial charge on any atom is 0.325 e. The third-order valence-electron chi connectivity index (χ3n) is 2.25. The van der Waals surface area contributed by atoms with E-state index in [9.17, 15) is 9.59 Å². The number of carbonyl (C=O) groups is 2. The van der Waals surface area contributed by atoms with Crippen LogP contribution >= 0.6 is 11.6 Å². The van der Waals surface area contributed by atoms with Gasteiger partial charge in [-0.3, -0.25) is 9.59 Å². The number of halogens is 1. The number of methoxy groups -OCH3 is 1. The van der Waals surface area contributed by atoms with Gasteiger partial charge >= 0.3 is 5.97 Å². The number of alkyl halides is 1. The fourth-order valence-electron chi connectivity index (χ4n) is 1.28. The van der Waals surface area contributed by atoms with E-state index in [1.165, 1.54) is 12.0 Å². The summed E-state index contributed by atoms with van der Waals surface area (Å²) in [6.07, 6.45) is 2.01. The minimum atomic E-state index is -0.389. The van der Waals surface area contributed by atoms with Crippen LogP contribution in [-0.4, -0.2) is 42.4 Å². The second-order valence-corrected chi connectivity index (χ2v) is 4.22. The summed E-state index contributed by atoms with van der Waals surface area (Å²) < 4.78 is 4.55. The molecule has 0 aromatic heterocycles. The van der Waals surface area contributed by atoms with Gasteiger partial charge in [0.05, 0.1) is 7.11 Å². The van der Waals surface area contributed by atoms with Crippen LogP contribution in [0.2, 0.25) is 0 Å². The van der Waals surface area contributed by atoms with E-state index in [0.717, 1.165) is 12.8 Å². The van der Waals surface area contributed by atoms with E-state index in [2.05, 4.69) is 4.74 Å². The van der Waals surface area contributed by atoms with Gasteiger partial charge in [0.2, 0.25) is 5.91 Å². The second kappa shape index (κ2) is 8.39. The van der Waals surface area contributed by atoms with Crippen molar-refractivity contribution in [2.24, 2.45) is 0 Å². The monoisotopic (exact) mass is 249 g/mol. The minimum Gasteiger partial charge on any atom is -0.468 e. The van der Waals surface area contributed by atoms with Crippen LogP contribution in [0.5, 0.6) is 0 Å². The van der Waals surface area contributed by atoms with E-state index in [1.54, 1.807) is 0 Å². The number of nitrogens with zero attached hydrogens (tertiary/aromatic N) is 1. The van der Waals surface area contributed by atoms with Crippen molar-refractivity contribution < 1.29 is 14.3 Å².